The summed E-state index contributed by atoms with van der Waals surface area (Å²) in [5, 5.41) is 4.47. The SMILES string of the molecule is CNC(Cc1ccc(Cl)cc1Cl)c1ccc(F)c(Br)c1. The normalized spacial score (nSPS) is 12.4. The first kappa shape index (κ1) is 15.8. The van der Waals surface area contributed by atoms with Crippen LogP contribution in [0.3, 0.4) is 0 Å². The maximum atomic E-state index is 13.3. The average molecular weight is 377 g/mol. The summed E-state index contributed by atoms with van der Waals surface area (Å²) in [4.78, 5) is 0. The largest absolute Gasteiger partial charge is 0.313 e. The van der Waals surface area contributed by atoms with Crippen molar-refractivity contribution in [3.05, 3.63) is 67.9 Å². The minimum absolute atomic E-state index is 0.0468. The van der Waals surface area contributed by atoms with Crippen LogP contribution in [0.15, 0.2) is 40.9 Å². The van der Waals surface area contributed by atoms with E-state index in [-0.39, 0.29) is 11.9 Å². The van der Waals surface area contributed by atoms with Gasteiger partial charge in [0.15, 0.2) is 0 Å². The van der Waals surface area contributed by atoms with Gasteiger partial charge in [-0.2, -0.15) is 0 Å². The molecule has 0 aliphatic rings. The first-order valence-corrected chi connectivity index (χ1v) is 7.62. The Hall–Kier alpha value is -0.610. The standard InChI is InChI=1S/C15H13BrCl2FN/c1-20-15(10-3-5-14(19)12(16)6-10)7-9-2-4-11(17)8-13(9)18/h2-6,8,15,20H,7H2,1H3. The molecule has 0 heterocycles. The fourth-order valence-electron chi connectivity index (χ4n) is 2.02. The van der Waals surface area contributed by atoms with Gasteiger partial charge in [-0.05, 0) is 64.8 Å². The van der Waals surface area contributed by atoms with E-state index >= 15 is 0 Å². The Morgan fingerprint density at radius 3 is 2.55 bits per heavy atom. The molecule has 0 aromatic heterocycles. The van der Waals surface area contributed by atoms with E-state index in [4.69, 9.17) is 23.2 Å². The smallest absolute Gasteiger partial charge is 0.137 e. The third-order valence-electron chi connectivity index (χ3n) is 3.13. The number of halogens is 4. The average Bonchev–Trinajstić information content (AvgIpc) is 2.41. The van der Waals surface area contributed by atoms with Gasteiger partial charge in [-0.1, -0.05) is 35.3 Å². The van der Waals surface area contributed by atoms with Crippen LogP contribution in [0, 0.1) is 5.82 Å². The molecule has 0 spiro atoms. The summed E-state index contributed by atoms with van der Waals surface area (Å²) in [7, 11) is 1.87. The zero-order valence-electron chi connectivity index (χ0n) is 10.8. The zero-order valence-corrected chi connectivity index (χ0v) is 13.9. The van der Waals surface area contributed by atoms with Crippen LogP contribution in [0.1, 0.15) is 17.2 Å². The van der Waals surface area contributed by atoms with Crippen molar-refractivity contribution >= 4 is 39.1 Å². The molecule has 0 saturated heterocycles. The van der Waals surface area contributed by atoms with E-state index in [2.05, 4.69) is 21.2 Å². The van der Waals surface area contributed by atoms with Gasteiger partial charge in [-0.25, -0.2) is 4.39 Å². The van der Waals surface area contributed by atoms with Gasteiger partial charge in [-0.15, -0.1) is 0 Å². The van der Waals surface area contributed by atoms with E-state index in [0.29, 0.717) is 20.9 Å². The van der Waals surface area contributed by atoms with Crippen molar-refractivity contribution in [2.45, 2.75) is 12.5 Å². The lowest BCUT2D eigenvalue weighted by atomic mass is 9.99. The fourth-order valence-corrected chi connectivity index (χ4v) is 2.90. The minimum atomic E-state index is -0.270. The summed E-state index contributed by atoms with van der Waals surface area (Å²) >= 11 is 15.3. The van der Waals surface area contributed by atoms with Crippen LogP contribution >= 0.6 is 39.1 Å². The Labute approximate surface area is 136 Å². The molecule has 1 N–H and O–H groups in total. The lowest BCUT2D eigenvalue weighted by Gasteiger charge is -2.18. The highest BCUT2D eigenvalue weighted by Crippen LogP contribution is 2.28. The summed E-state index contributed by atoms with van der Waals surface area (Å²) in [6.07, 6.45) is 0.699. The van der Waals surface area contributed by atoms with Crippen LogP contribution in [0.4, 0.5) is 4.39 Å². The van der Waals surface area contributed by atoms with Crippen molar-refractivity contribution in [2.75, 3.05) is 7.05 Å². The number of likely N-dealkylation sites (N-methyl/N-ethyl adjacent to an activating group) is 1. The van der Waals surface area contributed by atoms with E-state index in [1.165, 1.54) is 6.07 Å². The number of hydrogen-bond donors (Lipinski definition) is 1. The maximum absolute atomic E-state index is 13.3. The summed E-state index contributed by atoms with van der Waals surface area (Å²) < 4.78 is 13.8. The molecule has 0 saturated carbocycles. The lowest BCUT2D eigenvalue weighted by molar-refractivity contribution is 0.584. The predicted molar refractivity (Wildman–Crippen MR) is 86.1 cm³/mol. The Kier molecular flexibility index (Phi) is 5.44. The molecule has 1 nitrogen and oxygen atoms in total. The fraction of sp³-hybridized carbons (Fsp3) is 0.200. The van der Waals surface area contributed by atoms with Crippen LogP contribution in [0.25, 0.3) is 0 Å². The van der Waals surface area contributed by atoms with Gasteiger partial charge in [0.05, 0.1) is 4.47 Å². The van der Waals surface area contributed by atoms with Crippen molar-refractivity contribution in [3.8, 4) is 0 Å². The molecule has 2 aromatic carbocycles. The summed E-state index contributed by atoms with van der Waals surface area (Å²) in [5.74, 6) is -0.270. The number of nitrogens with one attached hydrogen (secondary N) is 1. The van der Waals surface area contributed by atoms with E-state index < -0.39 is 0 Å². The Morgan fingerprint density at radius 2 is 1.95 bits per heavy atom. The molecule has 0 amide bonds. The molecule has 0 fully saturated rings. The minimum Gasteiger partial charge on any atom is -0.313 e. The first-order valence-electron chi connectivity index (χ1n) is 6.07. The van der Waals surface area contributed by atoms with E-state index in [0.717, 1.165) is 11.1 Å². The second kappa shape index (κ2) is 6.90. The topological polar surface area (TPSA) is 12.0 Å². The number of rotatable bonds is 4. The van der Waals surface area contributed by atoms with Crippen molar-refractivity contribution in [2.24, 2.45) is 0 Å². The van der Waals surface area contributed by atoms with Gasteiger partial charge in [0.1, 0.15) is 5.82 Å². The zero-order chi connectivity index (χ0) is 14.7. The number of benzene rings is 2. The molecule has 0 bridgehead atoms. The lowest BCUT2D eigenvalue weighted by Crippen LogP contribution is -2.19. The van der Waals surface area contributed by atoms with E-state index in [9.17, 15) is 4.39 Å². The van der Waals surface area contributed by atoms with Crippen LogP contribution < -0.4 is 5.32 Å². The first-order chi connectivity index (χ1) is 9.51. The number of hydrogen-bond acceptors (Lipinski definition) is 1. The Balaban J connectivity index is 2.26. The van der Waals surface area contributed by atoms with Gasteiger partial charge >= 0.3 is 0 Å². The van der Waals surface area contributed by atoms with Gasteiger partial charge in [-0.3, -0.25) is 0 Å². The molecule has 2 aromatic rings. The van der Waals surface area contributed by atoms with Gasteiger partial charge in [0.25, 0.3) is 0 Å². The van der Waals surface area contributed by atoms with Crippen LogP contribution in [0.2, 0.25) is 10.0 Å². The van der Waals surface area contributed by atoms with Crippen LogP contribution in [0.5, 0.6) is 0 Å². The molecule has 2 rings (SSSR count). The van der Waals surface area contributed by atoms with Crippen molar-refractivity contribution in [1.29, 1.82) is 0 Å². The molecule has 0 aliphatic heterocycles. The van der Waals surface area contributed by atoms with E-state index in [1.807, 2.05) is 19.2 Å². The molecule has 20 heavy (non-hydrogen) atoms. The van der Waals surface area contributed by atoms with Crippen LogP contribution in [-0.2, 0) is 6.42 Å². The summed E-state index contributed by atoms with van der Waals surface area (Å²) in [6, 6.07) is 10.5. The second-order valence-corrected chi connectivity index (χ2v) is 6.15. The second-order valence-electron chi connectivity index (χ2n) is 4.45. The van der Waals surface area contributed by atoms with Crippen molar-refractivity contribution in [3.63, 3.8) is 0 Å². The van der Waals surface area contributed by atoms with Gasteiger partial charge in [0.2, 0.25) is 0 Å². The van der Waals surface area contributed by atoms with Crippen molar-refractivity contribution in [1.82, 2.24) is 5.32 Å². The van der Waals surface area contributed by atoms with Gasteiger partial charge in [0, 0.05) is 16.1 Å². The van der Waals surface area contributed by atoms with Crippen LogP contribution in [-0.4, -0.2) is 7.05 Å². The summed E-state index contributed by atoms with van der Waals surface area (Å²) in [5.41, 5.74) is 1.99. The highest BCUT2D eigenvalue weighted by atomic mass is 79.9. The molecular weight excluding hydrogens is 364 g/mol. The molecular formula is C15H13BrCl2FN. The third kappa shape index (κ3) is 3.73. The Bertz CT molecular complexity index is 619. The molecule has 0 radical (unpaired) electrons. The molecule has 0 aliphatic carbocycles. The molecule has 1 atom stereocenters. The molecule has 5 heteroatoms. The molecule has 1 unspecified atom stereocenters. The molecule has 106 valence electrons. The van der Waals surface area contributed by atoms with Gasteiger partial charge < -0.3 is 5.32 Å². The highest BCUT2D eigenvalue weighted by molar-refractivity contribution is 9.10. The predicted octanol–water partition coefficient (Wildman–Crippen LogP) is 5.40. The van der Waals surface area contributed by atoms with Crippen molar-refractivity contribution < 1.29 is 4.39 Å². The maximum Gasteiger partial charge on any atom is 0.137 e. The van der Waals surface area contributed by atoms with E-state index in [1.54, 1.807) is 18.2 Å². The Morgan fingerprint density at radius 1 is 1.20 bits per heavy atom. The monoisotopic (exact) mass is 375 g/mol. The third-order valence-corrected chi connectivity index (χ3v) is 4.33. The summed E-state index contributed by atoms with van der Waals surface area (Å²) in [6.45, 7) is 0. The quantitative estimate of drug-likeness (QED) is 0.753. The highest BCUT2D eigenvalue weighted by Gasteiger charge is 2.14.